The fourth-order valence-corrected chi connectivity index (χ4v) is 3.10. The lowest BCUT2D eigenvalue weighted by Gasteiger charge is -2.02. The molecule has 21 heavy (non-hydrogen) atoms. The minimum Gasteiger partial charge on any atom is -0.476 e. The summed E-state index contributed by atoms with van der Waals surface area (Å²) < 4.78 is 1.58. The molecule has 0 saturated carbocycles. The number of nitrogens with zero attached hydrogens (tertiary/aromatic N) is 2. The average molecular weight is 301 g/mol. The lowest BCUT2D eigenvalue weighted by Crippen LogP contribution is -2.07. The van der Waals surface area contributed by atoms with Crippen molar-refractivity contribution in [1.29, 1.82) is 0 Å². The average Bonchev–Trinajstić information content (AvgIpc) is 3.08. The Kier molecular flexibility index (Phi) is 3.62. The number of aromatic carboxylic acids is 1. The van der Waals surface area contributed by atoms with Gasteiger partial charge in [0, 0.05) is 16.0 Å². The van der Waals surface area contributed by atoms with Crippen molar-refractivity contribution in [3.63, 3.8) is 0 Å². The van der Waals surface area contributed by atoms with E-state index < -0.39 is 5.97 Å². The number of carboxylic acids is 1. The normalized spacial score (nSPS) is 10.9. The molecule has 3 rings (SSSR count). The Morgan fingerprint density at radius 3 is 2.86 bits per heavy atom. The SMILES string of the molecule is CCc1ccc(CNc2nc3ccccn3c2C(=O)O)s1. The summed E-state index contributed by atoms with van der Waals surface area (Å²) in [5, 5.41) is 12.5. The topological polar surface area (TPSA) is 66.6 Å². The fourth-order valence-electron chi connectivity index (χ4n) is 2.20. The number of hydrogen-bond acceptors (Lipinski definition) is 4. The van der Waals surface area contributed by atoms with E-state index in [-0.39, 0.29) is 5.69 Å². The zero-order valence-electron chi connectivity index (χ0n) is 11.5. The van der Waals surface area contributed by atoms with Gasteiger partial charge < -0.3 is 10.4 Å². The lowest BCUT2D eigenvalue weighted by atomic mass is 10.3. The van der Waals surface area contributed by atoms with E-state index in [1.54, 1.807) is 34.1 Å². The van der Waals surface area contributed by atoms with E-state index >= 15 is 0 Å². The molecule has 0 unspecified atom stereocenters. The molecular weight excluding hydrogens is 286 g/mol. The lowest BCUT2D eigenvalue weighted by molar-refractivity contribution is 0.0690. The van der Waals surface area contributed by atoms with Crippen LogP contribution in [0.2, 0.25) is 0 Å². The minimum absolute atomic E-state index is 0.165. The zero-order valence-corrected chi connectivity index (χ0v) is 12.4. The predicted molar refractivity (Wildman–Crippen MR) is 83.2 cm³/mol. The first kappa shape index (κ1) is 13.6. The van der Waals surface area contributed by atoms with Crippen LogP contribution in [0.25, 0.3) is 5.65 Å². The Balaban J connectivity index is 1.89. The van der Waals surface area contributed by atoms with Crippen molar-refractivity contribution in [3.05, 3.63) is 52.0 Å². The minimum atomic E-state index is -0.989. The summed E-state index contributed by atoms with van der Waals surface area (Å²) in [4.78, 5) is 18.3. The Bertz CT molecular complexity index is 791. The fraction of sp³-hybridized carbons (Fsp3) is 0.200. The molecule has 0 fully saturated rings. The second-order valence-corrected chi connectivity index (χ2v) is 5.87. The van der Waals surface area contributed by atoms with Crippen molar-refractivity contribution < 1.29 is 9.90 Å². The van der Waals surface area contributed by atoms with Gasteiger partial charge in [0.1, 0.15) is 5.65 Å². The highest BCUT2D eigenvalue weighted by Gasteiger charge is 2.18. The first-order valence-corrected chi connectivity index (χ1v) is 7.52. The second kappa shape index (κ2) is 5.57. The molecule has 3 aromatic heterocycles. The molecule has 3 aromatic rings. The molecule has 0 aliphatic rings. The Labute approximate surface area is 125 Å². The molecule has 6 heteroatoms. The summed E-state index contributed by atoms with van der Waals surface area (Å²) in [6, 6.07) is 9.58. The van der Waals surface area contributed by atoms with Gasteiger partial charge in [-0.15, -0.1) is 11.3 Å². The number of thiophene rings is 1. The number of aryl methyl sites for hydroxylation is 1. The number of rotatable bonds is 5. The molecule has 0 bridgehead atoms. The number of nitrogens with one attached hydrogen (secondary N) is 1. The quantitative estimate of drug-likeness (QED) is 0.759. The van der Waals surface area contributed by atoms with Crippen LogP contribution in [0.5, 0.6) is 0 Å². The molecule has 0 amide bonds. The number of hydrogen-bond donors (Lipinski definition) is 2. The van der Waals surface area contributed by atoms with Crippen LogP contribution in [0, 0.1) is 0 Å². The van der Waals surface area contributed by atoms with Gasteiger partial charge in [0.05, 0.1) is 6.54 Å². The van der Waals surface area contributed by atoms with E-state index in [0.29, 0.717) is 18.0 Å². The van der Waals surface area contributed by atoms with Gasteiger partial charge in [-0.05, 0) is 30.7 Å². The molecule has 2 N–H and O–H groups in total. The van der Waals surface area contributed by atoms with Crippen LogP contribution in [0.3, 0.4) is 0 Å². The third-order valence-corrected chi connectivity index (χ3v) is 4.46. The van der Waals surface area contributed by atoms with Crippen LogP contribution < -0.4 is 5.32 Å². The van der Waals surface area contributed by atoms with Gasteiger partial charge in [-0.25, -0.2) is 9.78 Å². The summed E-state index contributed by atoms with van der Waals surface area (Å²) in [6.45, 7) is 2.70. The monoisotopic (exact) mass is 301 g/mol. The van der Waals surface area contributed by atoms with E-state index in [0.717, 1.165) is 6.42 Å². The summed E-state index contributed by atoms with van der Waals surface area (Å²) in [5.41, 5.74) is 0.788. The van der Waals surface area contributed by atoms with Crippen LogP contribution in [-0.4, -0.2) is 20.5 Å². The van der Waals surface area contributed by atoms with Gasteiger partial charge in [0.15, 0.2) is 11.5 Å². The van der Waals surface area contributed by atoms with Gasteiger partial charge in [-0.2, -0.15) is 0 Å². The summed E-state index contributed by atoms with van der Waals surface area (Å²) in [6.07, 6.45) is 2.72. The largest absolute Gasteiger partial charge is 0.476 e. The van der Waals surface area contributed by atoms with Crippen molar-refractivity contribution in [2.24, 2.45) is 0 Å². The highest BCUT2D eigenvalue weighted by molar-refractivity contribution is 7.12. The molecule has 0 spiro atoms. The van der Waals surface area contributed by atoms with Crippen LogP contribution in [0.4, 0.5) is 5.82 Å². The first-order chi connectivity index (χ1) is 10.2. The van der Waals surface area contributed by atoms with Crippen LogP contribution in [0.1, 0.15) is 27.2 Å². The maximum absolute atomic E-state index is 11.5. The smallest absolute Gasteiger partial charge is 0.356 e. The standard InChI is InChI=1S/C15H15N3O2S/c1-2-10-6-7-11(21-10)9-16-14-13(15(19)20)18-8-4-3-5-12(18)17-14/h3-8,16H,2,9H2,1H3,(H,19,20). The van der Waals surface area contributed by atoms with E-state index in [1.165, 1.54) is 9.75 Å². The number of anilines is 1. The zero-order chi connectivity index (χ0) is 14.8. The van der Waals surface area contributed by atoms with E-state index in [2.05, 4.69) is 29.4 Å². The van der Waals surface area contributed by atoms with Crippen molar-refractivity contribution >= 4 is 28.8 Å². The summed E-state index contributed by atoms with van der Waals surface area (Å²) >= 11 is 1.73. The van der Waals surface area contributed by atoms with Crippen LogP contribution in [-0.2, 0) is 13.0 Å². The Morgan fingerprint density at radius 2 is 2.14 bits per heavy atom. The maximum Gasteiger partial charge on any atom is 0.356 e. The van der Waals surface area contributed by atoms with Crippen LogP contribution >= 0.6 is 11.3 Å². The predicted octanol–water partition coefficient (Wildman–Crippen LogP) is 3.27. The molecule has 3 heterocycles. The molecule has 0 atom stereocenters. The van der Waals surface area contributed by atoms with E-state index in [1.807, 2.05) is 6.07 Å². The van der Waals surface area contributed by atoms with E-state index in [4.69, 9.17) is 0 Å². The third kappa shape index (κ3) is 2.62. The number of carboxylic acid groups (broad SMARTS) is 1. The van der Waals surface area contributed by atoms with Gasteiger partial charge in [0.2, 0.25) is 0 Å². The summed E-state index contributed by atoms with van der Waals surface area (Å²) in [5.74, 6) is -0.586. The number of aromatic nitrogens is 2. The molecule has 0 radical (unpaired) electrons. The van der Waals surface area contributed by atoms with E-state index in [9.17, 15) is 9.90 Å². The maximum atomic E-state index is 11.5. The molecular formula is C15H15N3O2S. The number of fused-ring (bicyclic) bond motifs is 1. The van der Waals surface area contributed by atoms with Gasteiger partial charge in [-0.3, -0.25) is 4.40 Å². The van der Waals surface area contributed by atoms with Crippen LogP contribution in [0.15, 0.2) is 36.5 Å². The van der Waals surface area contributed by atoms with Crippen molar-refractivity contribution in [2.75, 3.05) is 5.32 Å². The molecule has 0 saturated heterocycles. The van der Waals surface area contributed by atoms with Crippen molar-refractivity contribution in [3.8, 4) is 0 Å². The molecule has 108 valence electrons. The highest BCUT2D eigenvalue weighted by Crippen LogP contribution is 2.21. The third-order valence-electron chi connectivity index (χ3n) is 3.23. The van der Waals surface area contributed by atoms with Gasteiger partial charge >= 0.3 is 5.97 Å². The Hall–Kier alpha value is -2.34. The molecule has 0 aromatic carbocycles. The van der Waals surface area contributed by atoms with Crippen molar-refractivity contribution in [1.82, 2.24) is 9.38 Å². The van der Waals surface area contributed by atoms with Gasteiger partial charge in [-0.1, -0.05) is 13.0 Å². The first-order valence-electron chi connectivity index (χ1n) is 6.71. The highest BCUT2D eigenvalue weighted by atomic mass is 32.1. The number of imidazole rings is 1. The second-order valence-electron chi connectivity index (χ2n) is 4.62. The number of pyridine rings is 1. The molecule has 0 aliphatic heterocycles. The van der Waals surface area contributed by atoms with Gasteiger partial charge in [0.25, 0.3) is 0 Å². The molecule has 5 nitrogen and oxygen atoms in total. The van der Waals surface area contributed by atoms with Crippen molar-refractivity contribution in [2.45, 2.75) is 19.9 Å². The summed E-state index contributed by atoms with van der Waals surface area (Å²) in [7, 11) is 0. The number of carbonyl (C=O) groups is 1. The Morgan fingerprint density at radius 1 is 1.33 bits per heavy atom. The molecule has 0 aliphatic carbocycles.